The minimum atomic E-state index is 0.467. The fourth-order valence-corrected chi connectivity index (χ4v) is 3.12. The Labute approximate surface area is 131 Å². The number of para-hydroxylation sites is 2. The molecule has 0 bridgehead atoms. The van der Waals surface area contributed by atoms with Crippen molar-refractivity contribution in [3.05, 3.63) is 76.7 Å². The van der Waals surface area contributed by atoms with Gasteiger partial charge in [-0.3, -0.25) is 14.5 Å². The third kappa shape index (κ3) is 2.19. The zero-order chi connectivity index (χ0) is 15.9. The Morgan fingerprint density at radius 2 is 0.955 bits per heavy atom. The van der Waals surface area contributed by atoms with Crippen LogP contribution in [0.3, 0.4) is 0 Å². The summed E-state index contributed by atoms with van der Waals surface area (Å²) in [6.45, 7) is 8.35. The number of aromatic nitrogens is 2. The maximum Gasteiger partial charge on any atom is 0.211 e. The molecule has 0 atom stereocenters. The van der Waals surface area contributed by atoms with Gasteiger partial charge in [-0.2, -0.15) is 0 Å². The van der Waals surface area contributed by atoms with E-state index in [1.807, 2.05) is 21.5 Å². The zero-order valence-electron chi connectivity index (χ0n) is 13.5. The highest BCUT2D eigenvalue weighted by molar-refractivity contribution is 5.49. The molecule has 0 amide bonds. The van der Waals surface area contributed by atoms with Gasteiger partial charge in [0.15, 0.2) is 0 Å². The molecule has 0 spiro atoms. The van der Waals surface area contributed by atoms with Gasteiger partial charge in [0.05, 0.1) is 11.4 Å². The second kappa shape index (κ2) is 5.34. The van der Waals surface area contributed by atoms with Crippen LogP contribution in [-0.4, -0.2) is 9.13 Å². The van der Waals surface area contributed by atoms with Gasteiger partial charge < -0.3 is 0 Å². The molecule has 0 saturated carbocycles. The Kier molecular flexibility index (Phi) is 3.49. The molecule has 0 aliphatic rings. The van der Waals surface area contributed by atoms with E-state index in [2.05, 4.69) is 64.1 Å². The summed E-state index contributed by atoms with van der Waals surface area (Å²) in [4.78, 5) is 0. The monoisotopic (exact) mass is 291 g/mol. The third-order valence-corrected chi connectivity index (χ3v) is 4.18. The van der Waals surface area contributed by atoms with E-state index in [9.17, 15) is 0 Å². The number of aryl methyl sites for hydroxylation is 4. The summed E-state index contributed by atoms with van der Waals surface area (Å²) >= 11 is 0. The SMILES string of the molecule is Cc1cccc(C)c1-n1ccn(-c2c(C)cccc2C)c1=N. The maximum atomic E-state index is 8.61. The van der Waals surface area contributed by atoms with Crippen LogP contribution in [0, 0.1) is 33.1 Å². The minimum absolute atomic E-state index is 0.467. The number of hydrogen-bond acceptors (Lipinski definition) is 1. The van der Waals surface area contributed by atoms with Gasteiger partial charge in [-0.1, -0.05) is 36.4 Å². The summed E-state index contributed by atoms with van der Waals surface area (Å²) in [5.41, 5.74) is 7.37. The molecule has 112 valence electrons. The highest BCUT2D eigenvalue weighted by Gasteiger charge is 2.11. The van der Waals surface area contributed by atoms with Gasteiger partial charge in [0.25, 0.3) is 0 Å². The van der Waals surface area contributed by atoms with Crippen molar-refractivity contribution in [2.45, 2.75) is 27.7 Å². The van der Waals surface area contributed by atoms with Crippen LogP contribution < -0.4 is 5.62 Å². The highest BCUT2D eigenvalue weighted by Crippen LogP contribution is 2.20. The van der Waals surface area contributed by atoms with Crippen LogP contribution in [0.5, 0.6) is 0 Å². The van der Waals surface area contributed by atoms with Gasteiger partial charge in [-0.05, 0) is 49.9 Å². The minimum Gasteiger partial charge on any atom is -0.286 e. The largest absolute Gasteiger partial charge is 0.286 e. The standard InChI is InChI=1S/C19H21N3/c1-13-7-5-8-14(2)17(13)21-11-12-22(19(21)20)18-15(3)9-6-10-16(18)4/h5-12,20H,1-4H3. The quantitative estimate of drug-likeness (QED) is 0.741. The van der Waals surface area contributed by atoms with E-state index in [1.54, 1.807) is 0 Å². The van der Waals surface area contributed by atoms with Crippen LogP contribution >= 0.6 is 0 Å². The Balaban J connectivity index is 2.25. The molecule has 22 heavy (non-hydrogen) atoms. The predicted octanol–water partition coefficient (Wildman–Crippen LogP) is 3.98. The topological polar surface area (TPSA) is 33.7 Å². The molecular weight excluding hydrogens is 270 g/mol. The molecule has 1 aromatic heterocycles. The summed E-state index contributed by atoms with van der Waals surface area (Å²) in [5, 5.41) is 8.61. The Hall–Kier alpha value is -2.55. The van der Waals surface area contributed by atoms with Gasteiger partial charge in [0.1, 0.15) is 0 Å². The number of hydrogen-bond donors (Lipinski definition) is 1. The summed E-state index contributed by atoms with van der Waals surface area (Å²) in [6, 6.07) is 12.5. The number of benzene rings is 2. The van der Waals surface area contributed by atoms with Crippen molar-refractivity contribution in [2.75, 3.05) is 0 Å². The van der Waals surface area contributed by atoms with Gasteiger partial charge in [-0.25, -0.2) is 0 Å². The molecule has 0 aliphatic carbocycles. The first-order valence-corrected chi connectivity index (χ1v) is 7.48. The molecule has 1 N–H and O–H groups in total. The number of nitrogens with one attached hydrogen (secondary N) is 1. The van der Waals surface area contributed by atoms with Crippen molar-refractivity contribution < 1.29 is 0 Å². The first kappa shape index (κ1) is 14.4. The van der Waals surface area contributed by atoms with Crippen molar-refractivity contribution >= 4 is 0 Å². The van der Waals surface area contributed by atoms with E-state index in [1.165, 1.54) is 22.3 Å². The lowest BCUT2D eigenvalue weighted by atomic mass is 10.1. The van der Waals surface area contributed by atoms with Gasteiger partial charge in [0, 0.05) is 12.4 Å². The van der Waals surface area contributed by atoms with Crippen LogP contribution in [0.4, 0.5) is 0 Å². The number of nitrogens with zero attached hydrogens (tertiary/aromatic N) is 2. The van der Waals surface area contributed by atoms with Crippen LogP contribution in [0.15, 0.2) is 48.8 Å². The summed E-state index contributed by atoms with van der Waals surface area (Å²) in [6.07, 6.45) is 3.95. The van der Waals surface area contributed by atoms with E-state index in [-0.39, 0.29) is 0 Å². The fraction of sp³-hybridized carbons (Fsp3) is 0.211. The first-order valence-electron chi connectivity index (χ1n) is 7.48. The van der Waals surface area contributed by atoms with E-state index in [0.29, 0.717) is 5.62 Å². The molecule has 0 aliphatic heterocycles. The van der Waals surface area contributed by atoms with Crippen LogP contribution in [0.25, 0.3) is 11.4 Å². The van der Waals surface area contributed by atoms with Gasteiger partial charge in [-0.15, -0.1) is 0 Å². The lowest BCUT2D eigenvalue weighted by molar-refractivity contribution is 0.823. The van der Waals surface area contributed by atoms with Gasteiger partial charge >= 0.3 is 0 Å². The lowest BCUT2D eigenvalue weighted by Gasteiger charge is -2.13. The Morgan fingerprint density at radius 1 is 0.636 bits per heavy atom. The number of rotatable bonds is 2. The molecule has 0 radical (unpaired) electrons. The number of imidazole rings is 1. The van der Waals surface area contributed by atoms with Crippen LogP contribution in [0.2, 0.25) is 0 Å². The van der Waals surface area contributed by atoms with E-state index >= 15 is 0 Å². The van der Waals surface area contributed by atoms with E-state index < -0.39 is 0 Å². The molecule has 3 aromatic rings. The third-order valence-electron chi connectivity index (χ3n) is 4.18. The van der Waals surface area contributed by atoms with Crippen molar-refractivity contribution in [2.24, 2.45) is 0 Å². The normalized spacial score (nSPS) is 10.9. The van der Waals surface area contributed by atoms with Crippen molar-refractivity contribution in [3.8, 4) is 11.4 Å². The summed E-state index contributed by atoms with van der Waals surface area (Å²) < 4.78 is 3.91. The smallest absolute Gasteiger partial charge is 0.211 e. The second-order valence-corrected chi connectivity index (χ2v) is 5.84. The molecule has 3 nitrogen and oxygen atoms in total. The Morgan fingerprint density at radius 3 is 1.27 bits per heavy atom. The molecular formula is C19H21N3. The van der Waals surface area contributed by atoms with E-state index in [4.69, 9.17) is 5.41 Å². The summed E-state index contributed by atoms with van der Waals surface area (Å²) in [5.74, 6) is 0. The molecule has 0 unspecified atom stereocenters. The molecule has 1 heterocycles. The van der Waals surface area contributed by atoms with E-state index in [0.717, 1.165) is 11.4 Å². The molecule has 3 rings (SSSR count). The molecule has 3 heteroatoms. The average molecular weight is 291 g/mol. The van der Waals surface area contributed by atoms with Crippen molar-refractivity contribution in [1.82, 2.24) is 9.13 Å². The Bertz CT molecular complexity index is 785. The fourth-order valence-electron chi connectivity index (χ4n) is 3.12. The predicted molar refractivity (Wildman–Crippen MR) is 89.9 cm³/mol. The van der Waals surface area contributed by atoms with Crippen LogP contribution in [-0.2, 0) is 0 Å². The van der Waals surface area contributed by atoms with Crippen molar-refractivity contribution in [3.63, 3.8) is 0 Å². The highest BCUT2D eigenvalue weighted by atomic mass is 15.2. The first-order chi connectivity index (χ1) is 10.5. The zero-order valence-corrected chi connectivity index (χ0v) is 13.5. The van der Waals surface area contributed by atoms with Crippen molar-refractivity contribution in [1.29, 1.82) is 5.41 Å². The van der Waals surface area contributed by atoms with Gasteiger partial charge in [0.2, 0.25) is 5.62 Å². The maximum absolute atomic E-state index is 8.61. The summed E-state index contributed by atoms with van der Waals surface area (Å²) in [7, 11) is 0. The average Bonchev–Trinajstić information content (AvgIpc) is 2.81. The van der Waals surface area contributed by atoms with Crippen LogP contribution in [0.1, 0.15) is 22.3 Å². The molecule has 0 saturated heterocycles. The lowest BCUT2D eigenvalue weighted by Crippen LogP contribution is -2.24. The second-order valence-electron chi connectivity index (χ2n) is 5.84. The molecule has 0 fully saturated rings. The molecule has 2 aromatic carbocycles.